The Morgan fingerprint density at radius 3 is 2.65 bits per heavy atom. The normalized spacial score (nSPS) is 10.3. The van der Waals surface area contributed by atoms with Crippen molar-refractivity contribution in [3.63, 3.8) is 0 Å². The van der Waals surface area contributed by atoms with Gasteiger partial charge < -0.3 is 11.1 Å². The fourth-order valence-corrected chi connectivity index (χ4v) is 2.15. The van der Waals surface area contributed by atoms with E-state index < -0.39 is 0 Å². The largest absolute Gasteiger partial charge is 0.397 e. The minimum atomic E-state index is -0.275. The summed E-state index contributed by atoms with van der Waals surface area (Å²) < 4.78 is 0. The van der Waals surface area contributed by atoms with Crippen LogP contribution in [0.3, 0.4) is 0 Å². The van der Waals surface area contributed by atoms with Gasteiger partial charge in [-0.15, -0.1) is 0 Å². The van der Waals surface area contributed by atoms with E-state index in [1.165, 1.54) is 12.1 Å². The molecule has 0 saturated carbocycles. The van der Waals surface area contributed by atoms with E-state index >= 15 is 0 Å². The molecular formula is C15H14Cl2N2O. The standard InChI is InChI=1S/C15H14Cl2N2O/c1-2-9-4-3-5-11(6-9)19-15(20)10-7-12(16)14(17)13(18)8-10/h3-8H,2,18H2,1H3,(H,19,20). The summed E-state index contributed by atoms with van der Waals surface area (Å²) in [7, 11) is 0. The maximum absolute atomic E-state index is 12.2. The van der Waals surface area contributed by atoms with E-state index in [1.807, 2.05) is 24.3 Å². The first kappa shape index (κ1) is 14.7. The zero-order valence-electron chi connectivity index (χ0n) is 10.9. The van der Waals surface area contributed by atoms with Gasteiger partial charge in [0.1, 0.15) is 0 Å². The van der Waals surface area contributed by atoms with Crippen molar-refractivity contribution in [3.8, 4) is 0 Å². The van der Waals surface area contributed by atoms with Crippen molar-refractivity contribution in [2.24, 2.45) is 0 Å². The van der Waals surface area contributed by atoms with Crippen LogP contribution in [0.25, 0.3) is 0 Å². The number of benzene rings is 2. The summed E-state index contributed by atoms with van der Waals surface area (Å²) in [5.74, 6) is -0.275. The zero-order valence-corrected chi connectivity index (χ0v) is 12.4. The quantitative estimate of drug-likeness (QED) is 0.826. The Labute approximate surface area is 127 Å². The predicted molar refractivity (Wildman–Crippen MR) is 84.6 cm³/mol. The van der Waals surface area contributed by atoms with Crippen molar-refractivity contribution in [1.82, 2.24) is 0 Å². The zero-order chi connectivity index (χ0) is 14.7. The third-order valence-electron chi connectivity index (χ3n) is 2.91. The molecule has 1 amide bonds. The van der Waals surface area contributed by atoms with Gasteiger partial charge in [0, 0.05) is 11.3 Å². The maximum Gasteiger partial charge on any atom is 0.255 e. The van der Waals surface area contributed by atoms with E-state index in [0.29, 0.717) is 5.56 Å². The molecular weight excluding hydrogens is 295 g/mol. The molecule has 2 aromatic rings. The first-order valence-corrected chi connectivity index (χ1v) is 6.91. The van der Waals surface area contributed by atoms with Gasteiger partial charge in [-0.2, -0.15) is 0 Å². The highest BCUT2D eigenvalue weighted by Gasteiger charge is 2.11. The van der Waals surface area contributed by atoms with Gasteiger partial charge in [-0.05, 0) is 36.2 Å². The fraction of sp³-hybridized carbons (Fsp3) is 0.133. The number of rotatable bonds is 3. The second kappa shape index (κ2) is 6.16. The number of nitrogens with two attached hydrogens (primary N) is 1. The van der Waals surface area contributed by atoms with E-state index in [9.17, 15) is 4.79 Å². The minimum absolute atomic E-state index is 0.260. The molecule has 2 aromatic carbocycles. The summed E-state index contributed by atoms with van der Waals surface area (Å²) in [4.78, 5) is 12.2. The van der Waals surface area contributed by atoms with Crippen LogP contribution in [0.2, 0.25) is 10.0 Å². The van der Waals surface area contributed by atoms with Crippen LogP contribution < -0.4 is 11.1 Å². The number of hydrogen-bond donors (Lipinski definition) is 2. The molecule has 0 bridgehead atoms. The average Bonchev–Trinajstić information content (AvgIpc) is 2.44. The molecule has 0 atom stereocenters. The highest BCUT2D eigenvalue weighted by Crippen LogP contribution is 2.29. The summed E-state index contributed by atoms with van der Waals surface area (Å²) in [6.07, 6.45) is 0.906. The van der Waals surface area contributed by atoms with Gasteiger partial charge in [0.2, 0.25) is 0 Å². The van der Waals surface area contributed by atoms with Crippen molar-refractivity contribution in [2.75, 3.05) is 11.1 Å². The third-order valence-corrected chi connectivity index (χ3v) is 3.73. The van der Waals surface area contributed by atoms with E-state index in [1.54, 1.807) is 0 Å². The fourth-order valence-electron chi connectivity index (χ4n) is 1.81. The number of amides is 1. The molecule has 0 saturated heterocycles. The van der Waals surface area contributed by atoms with Crippen LogP contribution in [0.5, 0.6) is 0 Å². The van der Waals surface area contributed by atoms with Crippen LogP contribution in [0.15, 0.2) is 36.4 Å². The number of carbonyl (C=O) groups is 1. The van der Waals surface area contributed by atoms with Crippen LogP contribution in [0, 0.1) is 0 Å². The Bertz CT molecular complexity index is 633. The minimum Gasteiger partial charge on any atom is -0.397 e. The van der Waals surface area contributed by atoms with Gasteiger partial charge in [-0.3, -0.25) is 4.79 Å². The molecule has 104 valence electrons. The first-order valence-electron chi connectivity index (χ1n) is 6.16. The summed E-state index contributed by atoms with van der Waals surface area (Å²) in [5, 5.41) is 3.33. The molecule has 0 aromatic heterocycles. The molecule has 5 heteroatoms. The summed E-state index contributed by atoms with van der Waals surface area (Å²) >= 11 is 11.8. The number of hydrogen-bond acceptors (Lipinski definition) is 2. The molecule has 3 N–H and O–H groups in total. The SMILES string of the molecule is CCc1cccc(NC(=O)c2cc(N)c(Cl)c(Cl)c2)c1. The summed E-state index contributed by atoms with van der Waals surface area (Å²) in [5.41, 5.74) is 8.24. The Balaban J connectivity index is 2.23. The van der Waals surface area contributed by atoms with Crippen LogP contribution in [-0.2, 0) is 6.42 Å². The molecule has 0 aliphatic heterocycles. The lowest BCUT2D eigenvalue weighted by atomic mass is 10.1. The van der Waals surface area contributed by atoms with E-state index in [-0.39, 0.29) is 21.6 Å². The smallest absolute Gasteiger partial charge is 0.255 e. The monoisotopic (exact) mass is 308 g/mol. The summed E-state index contributed by atoms with van der Waals surface area (Å²) in [6, 6.07) is 10.7. The van der Waals surface area contributed by atoms with E-state index in [0.717, 1.165) is 17.7 Å². The van der Waals surface area contributed by atoms with E-state index in [4.69, 9.17) is 28.9 Å². The number of nitrogens with one attached hydrogen (secondary N) is 1. The molecule has 2 rings (SSSR count). The number of anilines is 2. The Morgan fingerprint density at radius 1 is 1.25 bits per heavy atom. The van der Waals surface area contributed by atoms with Gasteiger partial charge in [-0.1, -0.05) is 42.3 Å². The lowest BCUT2D eigenvalue weighted by molar-refractivity contribution is 0.102. The first-order chi connectivity index (χ1) is 9.51. The molecule has 0 spiro atoms. The van der Waals surface area contributed by atoms with Gasteiger partial charge in [0.15, 0.2) is 0 Å². The second-order valence-electron chi connectivity index (χ2n) is 4.37. The molecule has 0 aliphatic rings. The van der Waals surface area contributed by atoms with Gasteiger partial charge >= 0.3 is 0 Å². The Hall–Kier alpha value is -1.71. The molecule has 0 heterocycles. The highest BCUT2D eigenvalue weighted by molar-refractivity contribution is 6.44. The predicted octanol–water partition coefficient (Wildman–Crippen LogP) is 4.39. The van der Waals surface area contributed by atoms with Crippen molar-refractivity contribution < 1.29 is 4.79 Å². The van der Waals surface area contributed by atoms with Gasteiger partial charge in [0.25, 0.3) is 5.91 Å². The van der Waals surface area contributed by atoms with E-state index in [2.05, 4.69) is 12.2 Å². The van der Waals surface area contributed by atoms with Gasteiger partial charge in [-0.25, -0.2) is 0 Å². The third kappa shape index (κ3) is 3.24. The molecule has 0 aliphatic carbocycles. The van der Waals surface area contributed by atoms with Crippen LogP contribution in [-0.4, -0.2) is 5.91 Å². The maximum atomic E-state index is 12.2. The molecule has 20 heavy (non-hydrogen) atoms. The lowest BCUT2D eigenvalue weighted by Crippen LogP contribution is -2.12. The molecule has 0 fully saturated rings. The molecule has 0 unspecified atom stereocenters. The Kier molecular flexibility index (Phi) is 4.53. The van der Waals surface area contributed by atoms with Gasteiger partial charge in [0.05, 0.1) is 15.7 Å². The van der Waals surface area contributed by atoms with Crippen molar-refractivity contribution in [1.29, 1.82) is 0 Å². The van der Waals surface area contributed by atoms with Crippen LogP contribution in [0.4, 0.5) is 11.4 Å². The second-order valence-corrected chi connectivity index (χ2v) is 5.15. The molecule has 0 radical (unpaired) electrons. The average molecular weight is 309 g/mol. The summed E-state index contributed by atoms with van der Waals surface area (Å²) in [6.45, 7) is 2.06. The van der Waals surface area contributed by atoms with Crippen LogP contribution in [0.1, 0.15) is 22.8 Å². The number of halogens is 2. The lowest BCUT2D eigenvalue weighted by Gasteiger charge is -2.09. The molecule has 3 nitrogen and oxygen atoms in total. The topological polar surface area (TPSA) is 55.1 Å². The highest BCUT2D eigenvalue weighted by atomic mass is 35.5. The number of aryl methyl sites for hydroxylation is 1. The van der Waals surface area contributed by atoms with Crippen molar-refractivity contribution >= 4 is 40.5 Å². The Morgan fingerprint density at radius 2 is 2.00 bits per heavy atom. The number of nitrogen functional groups attached to an aromatic ring is 1. The van der Waals surface area contributed by atoms with Crippen molar-refractivity contribution in [2.45, 2.75) is 13.3 Å². The van der Waals surface area contributed by atoms with Crippen LogP contribution >= 0.6 is 23.2 Å². The number of carbonyl (C=O) groups excluding carboxylic acids is 1. The van der Waals surface area contributed by atoms with Crippen molar-refractivity contribution in [3.05, 3.63) is 57.6 Å².